The van der Waals surface area contributed by atoms with Gasteiger partial charge in [-0.2, -0.15) is 0 Å². The molecule has 2 fully saturated rings. The lowest BCUT2D eigenvalue weighted by Gasteiger charge is -2.30. The van der Waals surface area contributed by atoms with Gasteiger partial charge in [-0.3, -0.25) is 14.5 Å². The summed E-state index contributed by atoms with van der Waals surface area (Å²) in [5.74, 6) is 0.0287. The predicted octanol–water partition coefficient (Wildman–Crippen LogP) is 3.50. The molecule has 0 bridgehead atoms. The van der Waals surface area contributed by atoms with Gasteiger partial charge in [-0.05, 0) is 24.3 Å². The summed E-state index contributed by atoms with van der Waals surface area (Å²) in [4.78, 5) is 26.7. The van der Waals surface area contributed by atoms with Gasteiger partial charge in [-0.15, -0.1) is 0 Å². The zero-order valence-corrected chi connectivity index (χ0v) is 12.6. The first-order valence-corrected chi connectivity index (χ1v) is 8.09. The molecule has 1 aromatic carbocycles. The minimum absolute atomic E-state index is 0.0414. The van der Waals surface area contributed by atoms with E-state index in [-0.39, 0.29) is 29.7 Å². The maximum Gasteiger partial charge on any atom is 0.233 e. The second-order valence-electron chi connectivity index (χ2n) is 6.40. The second kappa shape index (κ2) is 6.00. The molecule has 0 radical (unpaired) electrons. The van der Waals surface area contributed by atoms with Gasteiger partial charge in [-0.1, -0.05) is 56.5 Å². The van der Waals surface area contributed by atoms with Crippen molar-refractivity contribution in [1.29, 1.82) is 0 Å². The summed E-state index contributed by atoms with van der Waals surface area (Å²) in [6.45, 7) is 2.07. The molecule has 1 saturated heterocycles. The Morgan fingerprint density at radius 2 is 1.71 bits per heavy atom. The number of imide groups is 1. The van der Waals surface area contributed by atoms with Crippen LogP contribution in [0.3, 0.4) is 0 Å². The van der Waals surface area contributed by atoms with Crippen LogP contribution in [0.15, 0.2) is 30.3 Å². The van der Waals surface area contributed by atoms with E-state index in [0.29, 0.717) is 6.42 Å². The molecule has 1 aromatic rings. The lowest BCUT2D eigenvalue weighted by Crippen LogP contribution is -2.41. The zero-order valence-electron chi connectivity index (χ0n) is 12.6. The Morgan fingerprint density at radius 3 is 2.38 bits per heavy atom. The monoisotopic (exact) mass is 285 g/mol. The maximum atomic E-state index is 12.7. The fourth-order valence-corrected chi connectivity index (χ4v) is 3.78. The van der Waals surface area contributed by atoms with Gasteiger partial charge in [0.1, 0.15) is 0 Å². The van der Waals surface area contributed by atoms with Crippen molar-refractivity contribution in [2.45, 2.75) is 57.4 Å². The topological polar surface area (TPSA) is 37.4 Å². The summed E-state index contributed by atoms with van der Waals surface area (Å²) < 4.78 is 0. The van der Waals surface area contributed by atoms with Crippen LogP contribution in [-0.2, 0) is 9.59 Å². The van der Waals surface area contributed by atoms with Crippen molar-refractivity contribution in [3.8, 4) is 0 Å². The number of amides is 2. The first-order valence-electron chi connectivity index (χ1n) is 8.09. The molecule has 2 atom stereocenters. The van der Waals surface area contributed by atoms with Crippen LogP contribution in [0.5, 0.6) is 0 Å². The lowest BCUT2D eigenvalue weighted by atomic mass is 9.86. The van der Waals surface area contributed by atoms with Crippen molar-refractivity contribution in [3.05, 3.63) is 35.9 Å². The largest absolute Gasteiger partial charge is 0.279 e. The summed E-state index contributed by atoms with van der Waals surface area (Å²) in [6, 6.07) is 10.2. The quantitative estimate of drug-likeness (QED) is 0.797. The second-order valence-corrected chi connectivity index (χ2v) is 6.40. The summed E-state index contributed by atoms with van der Waals surface area (Å²) in [6.07, 6.45) is 5.87. The molecular formula is C18H23NO2. The summed E-state index contributed by atoms with van der Waals surface area (Å²) in [5.41, 5.74) is 1.15. The number of rotatable bonds is 3. The molecule has 3 heteroatoms. The Labute approximate surface area is 126 Å². The van der Waals surface area contributed by atoms with E-state index >= 15 is 0 Å². The molecule has 3 rings (SSSR count). The van der Waals surface area contributed by atoms with Crippen molar-refractivity contribution in [2.24, 2.45) is 5.92 Å². The molecule has 112 valence electrons. The molecular weight excluding hydrogens is 262 g/mol. The number of likely N-dealkylation sites (tertiary alicyclic amines) is 1. The Morgan fingerprint density at radius 1 is 1.05 bits per heavy atom. The van der Waals surface area contributed by atoms with Gasteiger partial charge in [0, 0.05) is 12.5 Å². The third kappa shape index (κ3) is 2.74. The third-order valence-electron chi connectivity index (χ3n) is 5.09. The third-order valence-corrected chi connectivity index (χ3v) is 5.09. The lowest BCUT2D eigenvalue weighted by molar-refractivity contribution is -0.143. The van der Waals surface area contributed by atoms with Crippen molar-refractivity contribution < 1.29 is 9.59 Å². The number of nitrogens with zero attached hydrogens (tertiary/aromatic N) is 1. The fraction of sp³-hybridized carbons (Fsp3) is 0.556. The van der Waals surface area contributed by atoms with Gasteiger partial charge in [0.05, 0.1) is 5.92 Å². The number of carbonyl (C=O) groups is 2. The molecule has 1 aliphatic heterocycles. The predicted molar refractivity (Wildman–Crippen MR) is 81.7 cm³/mol. The van der Waals surface area contributed by atoms with Crippen LogP contribution in [0.4, 0.5) is 0 Å². The van der Waals surface area contributed by atoms with E-state index < -0.39 is 0 Å². The van der Waals surface area contributed by atoms with Gasteiger partial charge in [0.15, 0.2) is 0 Å². The standard InChI is InChI=1S/C18H23NO2/c1-13(14-8-4-2-5-9-14)16-12-17(20)19(18(16)21)15-10-6-3-7-11-15/h2,4-5,8-9,13,15-16H,3,6-7,10-12H2,1H3/t13-,16-/m0/s1. The minimum Gasteiger partial charge on any atom is -0.279 e. The smallest absolute Gasteiger partial charge is 0.233 e. The molecule has 1 saturated carbocycles. The summed E-state index contributed by atoms with van der Waals surface area (Å²) in [7, 11) is 0. The van der Waals surface area contributed by atoms with E-state index in [9.17, 15) is 9.59 Å². The molecule has 2 amide bonds. The van der Waals surface area contributed by atoms with E-state index in [1.807, 2.05) is 30.3 Å². The van der Waals surface area contributed by atoms with E-state index in [1.165, 1.54) is 6.42 Å². The first kappa shape index (κ1) is 14.3. The minimum atomic E-state index is -0.179. The molecule has 1 aliphatic carbocycles. The molecule has 1 heterocycles. The highest BCUT2D eigenvalue weighted by Gasteiger charge is 2.44. The molecule has 0 aromatic heterocycles. The zero-order chi connectivity index (χ0) is 14.8. The molecule has 21 heavy (non-hydrogen) atoms. The summed E-state index contributed by atoms with van der Waals surface area (Å²) >= 11 is 0. The molecule has 2 aliphatic rings. The van der Waals surface area contributed by atoms with E-state index in [4.69, 9.17) is 0 Å². The normalized spacial score (nSPS) is 25.4. The van der Waals surface area contributed by atoms with Crippen molar-refractivity contribution in [1.82, 2.24) is 4.90 Å². The molecule has 3 nitrogen and oxygen atoms in total. The van der Waals surface area contributed by atoms with Crippen LogP contribution in [-0.4, -0.2) is 22.8 Å². The number of hydrogen-bond donors (Lipinski definition) is 0. The highest BCUT2D eigenvalue weighted by atomic mass is 16.2. The Hall–Kier alpha value is -1.64. The Kier molecular flexibility index (Phi) is 4.09. The number of hydrogen-bond acceptors (Lipinski definition) is 2. The van der Waals surface area contributed by atoms with Crippen LogP contribution in [0.1, 0.15) is 56.9 Å². The molecule has 0 spiro atoms. The SMILES string of the molecule is C[C@@H](c1ccccc1)[C@@H]1CC(=O)N(C2CCCCC2)C1=O. The maximum absolute atomic E-state index is 12.7. The number of benzene rings is 1. The molecule has 0 N–H and O–H groups in total. The highest BCUT2D eigenvalue weighted by Crippen LogP contribution is 2.36. The van der Waals surface area contributed by atoms with Crippen molar-refractivity contribution >= 4 is 11.8 Å². The Balaban J connectivity index is 1.76. The van der Waals surface area contributed by atoms with Gasteiger partial charge in [-0.25, -0.2) is 0 Å². The van der Waals surface area contributed by atoms with E-state index in [1.54, 1.807) is 4.90 Å². The van der Waals surface area contributed by atoms with Gasteiger partial charge in [0.2, 0.25) is 11.8 Å². The van der Waals surface area contributed by atoms with Crippen molar-refractivity contribution in [2.75, 3.05) is 0 Å². The number of carbonyl (C=O) groups excluding carboxylic acids is 2. The van der Waals surface area contributed by atoms with Crippen LogP contribution in [0, 0.1) is 5.92 Å². The Bertz CT molecular complexity index is 519. The average molecular weight is 285 g/mol. The van der Waals surface area contributed by atoms with E-state index in [0.717, 1.165) is 31.2 Å². The van der Waals surface area contributed by atoms with Crippen molar-refractivity contribution in [3.63, 3.8) is 0 Å². The molecule has 0 unspecified atom stereocenters. The van der Waals surface area contributed by atoms with Gasteiger partial charge >= 0.3 is 0 Å². The fourth-order valence-electron chi connectivity index (χ4n) is 3.78. The van der Waals surface area contributed by atoms with Crippen LogP contribution >= 0.6 is 0 Å². The van der Waals surface area contributed by atoms with Gasteiger partial charge < -0.3 is 0 Å². The van der Waals surface area contributed by atoms with E-state index in [2.05, 4.69) is 6.92 Å². The first-order chi connectivity index (χ1) is 10.2. The van der Waals surface area contributed by atoms with Crippen LogP contribution in [0.2, 0.25) is 0 Å². The summed E-state index contributed by atoms with van der Waals surface area (Å²) in [5, 5.41) is 0. The van der Waals surface area contributed by atoms with Gasteiger partial charge in [0.25, 0.3) is 0 Å². The van der Waals surface area contributed by atoms with Crippen LogP contribution in [0.25, 0.3) is 0 Å². The highest BCUT2D eigenvalue weighted by molar-refractivity contribution is 6.04. The average Bonchev–Trinajstić information content (AvgIpc) is 2.83. The van der Waals surface area contributed by atoms with Crippen LogP contribution < -0.4 is 0 Å².